The molecule has 3 nitrogen and oxygen atoms in total. The summed E-state index contributed by atoms with van der Waals surface area (Å²) in [5.74, 6) is 0.290. The Bertz CT molecular complexity index is 556. The molecule has 0 aliphatic rings. The molecule has 2 aromatic rings. The summed E-state index contributed by atoms with van der Waals surface area (Å²) in [6.45, 7) is 0.672. The molecule has 0 amide bonds. The second-order valence-corrected chi connectivity index (χ2v) is 5.24. The molecule has 5 heteroatoms. The molecule has 0 N–H and O–H groups in total. The molecule has 0 radical (unpaired) electrons. The van der Waals surface area contributed by atoms with Gasteiger partial charge < -0.3 is 4.55 Å². The van der Waals surface area contributed by atoms with Crippen LogP contribution in [0.25, 0.3) is 10.8 Å². The zero-order valence-electron chi connectivity index (χ0n) is 9.71. The molecular formula is C13H13ClNO2S-. The van der Waals surface area contributed by atoms with E-state index in [4.69, 9.17) is 11.6 Å². The summed E-state index contributed by atoms with van der Waals surface area (Å²) in [5, 5.41) is 2.18. The lowest BCUT2D eigenvalue weighted by molar-refractivity contribution is 0.399. The van der Waals surface area contributed by atoms with E-state index in [1.54, 1.807) is 0 Å². The molecule has 0 aromatic heterocycles. The van der Waals surface area contributed by atoms with Crippen LogP contribution < -0.4 is 0 Å². The molecule has 0 bridgehead atoms. The first-order valence-corrected chi connectivity index (χ1v) is 7.16. The molecule has 0 saturated heterocycles. The Morgan fingerprint density at radius 3 is 2.61 bits per heavy atom. The molecule has 1 atom stereocenters. The van der Waals surface area contributed by atoms with Gasteiger partial charge in [0.1, 0.15) is 0 Å². The van der Waals surface area contributed by atoms with E-state index in [0.717, 1.165) is 16.3 Å². The van der Waals surface area contributed by atoms with Gasteiger partial charge in [-0.15, -0.1) is 11.6 Å². The first-order chi connectivity index (χ1) is 8.72. The number of rotatable bonds is 5. The lowest BCUT2D eigenvalue weighted by Crippen LogP contribution is -2.27. The summed E-state index contributed by atoms with van der Waals surface area (Å²) in [7, 11) is 0. The fraction of sp³-hybridized carbons (Fsp3) is 0.231. The highest BCUT2D eigenvalue weighted by Crippen LogP contribution is 2.20. The molecule has 2 aromatic carbocycles. The third-order valence-electron chi connectivity index (χ3n) is 2.77. The largest absolute Gasteiger partial charge is 0.760 e. The topological polar surface area (TPSA) is 43.4 Å². The molecule has 18 heavy (non-hydrogen) atoms. The fourth-order valence-electron chi connectivity index (χ4n) is 1.92. The molecule has 2 rings (SSSR count). The van der Waals surface area contributed by atoms with Gasteiger partial charge >= 0.3 is 0 Å². The number of alkyl halides is 1. The first-order valence-electron chi connectivity index (χ1n) is 5.59. The number of halogens is 1. The Hall–Kier alpha value is -0.940. The van der Waals surface area contributed by atoms with Crippen molar-refractivity contribution in [1.82, 2.24) is 4.31 Å². The van der Waals surface area contributed by atoms with Gasteiger partial charge in [0.05, 0.1) is 0 Å². The maximum absolute atomic E-state index is 11.1. The van der Waals surface area contributed by atoms with Crippen molar-refractivity contribution in [1.29, 1.82) is 0 Å². The Kier molecular flexibility index (Phi) is 4.72. The van der Waals surface area contributed by atoms with E-state index in [1.165, 1.54) is 4.31 Å². The lowest BCUT2D eigenvalue weighted by atomic mass is 10.0. The highest BCUT2D eigenvalue weighted by atomic mass is 35.5. The standard InChI is InChI=1S/C13H14ClNO2S/c14-8-9-15(18(16)17)10-12-6-3-5-11-4-1-2-7-13(11)12/h1-7H,8-10H2,(H,16,17)/p-1. The molecule has 0 aliphatic heterocycles. The van der Waals surface area contributed by atoms with Crippen LogP contribution in [0.4, 0.5) is 0 Å². The highest BCUT2D eigenvalue weighted by Gasteiger charge is 2.08. The van der Waals surface area contributed by atoms with E-state index < -0.39 is 11.3 Å². The van der Waals surface area contributed by atoms with Crippen LogP contribution in [0.15, 0.2) is 42.5 Å². The maximum atomic E-state index is 11.1. The predicted octanol–water partition coefficient (Wildman–Crippen LogP) is 2.67. The van der Waals surface area contributed by atoms with Crippen molar-refractivity contribution in [2.45, 2.75) is 6.54 Å². The molecular weight excluding hydrogens is 270 g/mol. The van der Waals surface area contributed by atoms with Gasteiger partial charge in [-0.1, -0.05) is 42.5 Å². The fourth-order valence-corrected chi connectivity index (χ4v) is 2.71. The minimum absolute atomic E-state index is 0.290. The highest BCUT2D eigenvalue weighted by molar-refractivity contribution is 7.76. The molecule has 0 saturated carbocycles. The molecule has 0 fully saturated rings. The average Bonchev–Trinajstić information content (AvgIpc) is 2.38. The van der Waals surface area contributed by atoms with Crippen LogP contribution >= 0.6 is 11.6 Å². The van der Waals surface area contributed by atoms with Crippen molar-refractivity contribution in [3.8, 4) is 0 Å². The van der Waals surface area contributed by atoms with Crippen molar-refractivity contribution >= 4 is 33.6 Å². The van der Waals surface area contributed by atoms with Crippen molar-refractivity contribution in [2.75, 3.05) is 12.4 Å². The van der Waals surface area contributed by atoms with Crippen LogP contribution in [0.5, 0.6) is 0 Å². The number of hydrogen-bond acceptors (Lipinski definition) is 2. The van der Waals surface area contributed by atoms with Crippen molar-refractivity contribution in [3.05, 3.63) is 48.0 Å². The number of hydrogen-bond donors (Lipinski definition) is 0. The molecule has 0 aliphatic carbocycles. The van der Waals surface area contributed by atoms with Crippen LogP contribution in [-0.2, 0) is 17.8 Å². The van der Waals surface area contributed by atoms with Crippen LogP contribution in [0, 0.1) is 0 Å². The second kappa shape index (κ2) is 6.29. The van der Waals surface area contributed by atoms with Gasteiger partial charge in [-0.2, -0.15) is 0 Å². The zero-order valence-corrected chi connectivity index (χ0v) is 11.3. The molecule has 0 heterocycles. The number of nitrogens with zero attached hydrogens (tertiary/aromatic N) is 1. The van der Waals surface area contributed by atoms with Crippen LogP contribution in [0.3, 0.4) is 0 Å². The normalized spacial score (nSPS) is 13.1. The van der Waals surface area contributed by atoms with Crippen LogP contribution in [0.2, 0.25) is 0 Å². The van der Waals surface area contributed by atoms with Gasteiger partial charge in [0, 0.05) is 30.2 Å². The Balaban J connectivity index is 2.33. The van der Waals surface area contributed by atoms with Crippen LogP contribution in [0.1, 0.15) is 5.56 Å². The quantitative estimate of drug-likeness (QED) is 0.625. The minimum atomic E-state index is -2.25. The summed E-state index contributed by atoms with van der Waals surface area (Å²) in [6.07, 6.45) is 0. The Labute approximate surface area is 114 Å². The zero-order chi connectivity index (χ0) is 13.0. The van der Waals surface area contributed by atoms with Crippen molar-refractivity contribution in [3.63, 3.8) is 0 Å². The van der Waals surface area contributed by atoms with Crippen LogP contribution in [-0.4, -0.2) is 25.5 Å². The van der Waals surface area contributed by atoms with Gasteiger partial charge in [0.15, 0.2) is 0 Å². The van der Waals surface area contributed by atoms with Gasteiger partial charge in [-0.3, -0.25) is 4.21 Å². The third kappa shape index (κ3) is 3.09. The second-order valence-electron chi connectivity index (χ2n) is 3.91. The molecule has 1 unspecified atom stereocenters. The lowest BCUT2D eigenvalue weighted by Gasteiger charge is -2.23. The number of benzene rings is 2. The summed E-state index contributed by atoms with van der Waals surface area (Å²) in [4.78, 5) is 0. The van der Waals surface area contributed by atoms with E-state index in [2.05, 4.69) is 0 Å². The summed E-state index contributed by atoms with van der Waals surface area (Å²) in [5.41, 5.74) is 0.988. The Morgan fingerprint density at radius 2 is 1.89 bits per heavy atom. The Morgan fingerprint density at radius 1 is 1.17 bits per heavy atom. The van der Waals surface area contributed by atoms with E-state index in [0.29, 0.717) is 19.0 Å². The van der Waals surface area contributed by atoms with E-state index in [-0.39, 0.29) is 0 Å². The van der Waals surface area contributed by atoms with E-state index in [1.807, 2.05) is 42.5 Å². The monoisotopic (exact) mass is 282 g/mol. The molecule has 96 valence electrons. The predicted molar refractivity (Wildman–Crippen MR) is 74.0 cm³/mol. The smallest absolute Gasteiger partial charge is 0.0361 e. The minimum Gasteiger partial charge on any atom is -0.760 e. The van der Waals surface area contributed by atoms with Gasteiger partial charge in [-0.25, -0.2) is 4.31 Å². The van der Waals surface area contributed by atoms with E-state index >= 15 is 0 Å². The average molecular weight is 283 g/mol. The van der Waals surface area contributed by atoms with Gasteiger partial charge in [0.25, 0.3) is 0 Å². The summed E-state index contributed by atoms with van der Waals surface area (Å²) >= 11 is 3.36. The van der Waals surface area contributed by atoms with Crippen molar-refractivity contribution < 1.29 is 8.76 Å². The number of fused-ring (bicyclic) bond motifs is 1. The summed E-state index contributed by atoms with van der Waals surface area (Å²) in [6, 6.07) is 13.8. The first kappa shape index (κ1) is 13.5. The maximum Gasteiger partial charge on any atom is 0.0361 e. The summed E-state index contributed by atoms with van der Waals surface area (Å²) < 4.78 is 23.5. The third-order valence-corrected chi connectivity index (χ3v) is 3.67. The van der Waals surface area contributed by atoms with Gasteiger partial charge in [-0.05, 0) is 16.3 Å². The SMILES string of the molecule is O=S([O-])N(CCCl)Cc1cccc2ccccc12. The van der Waals surface area contributed by atoms with E-state index in [9.17, 15) is 8.76 Å². The van der Waals surface area contributed by atoms with Gasteiger partial charge in [0.2, 0.25) is 0 Å². The van der Waals surface area contributed by atoms with Crippen molar-refractivity contribution in [2.24, 2.45) is 0 Å². The molecule has 0 spiro atoms.